The summed E-state index contributed by atoms with van der Waals surface area (Å²) in [5.74, 6) is 0.163. The number of hydrogen-bond acceptors (Lipinski definition) is 8. The maximum Gasteiger partial charge on any atom is 0.508 e. The fourth-order valence-corrected chi connectivity index (χ4v) is 1.46. The molecular formula is C11H12O8. The lowest BCUT2D eigenvalue weighted by Gasteiger charge is -2.08. The molecule has 8 heteroatoms. The van der Waals surface area contributed by atoms with Crippen molar-refractivity contribution in [2.24, 2.45) is 0 Å². The molecule has 1 fully saturated rings. The number of carbonyl (C=O) groups is 3. The van der Waals surface area contributed by atoms with Crippen LogP contribution in [-0.2, 0) is 28.5 Å². The second-order valence-corrected chi connectivity index (χ2v) is 3.81. The van der Waals surface area contributed by atoms with Gasteiger partial charge in [-0.1, -0.05) is 0 Å². The molecule has 2 aliphatic rings. The summed E-state index contributed by atoms with van der Waals surface area (Å²) in [7, 11) is 0. The molecule has 0 radical (unpaired) electrons. The number of ether oxygens (including phenoxy) is 5. The standard InChI is InChI=1S/C11H12O8/c12-9-2-1-7(18-9)3-4-15-10(13)16-5-8-6-17-11(14)19-8/h1,8H,2-6H2. The Kier molecular flexibility index (Phi) is 4.22. The maximum atomic E-state index is 11.2. The summed E-state index contributed by atoms with van der Waals surface area (Å²) in [6, 6.07) is 0. The largest absolute Gasteiger partial charge is 0.508 e. The van der Waals surface area contributed by atoms with Crippen LogP contribution >= 0.6 is 0 Å². The third kappa shape index (κ3) is 4.16. The van der Waals surface area contributed by atoms with Crippen LogP contribution in [0.5, 0.6) is 0 Å². The summed E-state index contributed by atoms with van der Waals surface area (Å²) >= 11 is 0. The van der Waals surface area contributed by atoms with Gasteiger partial charge >= 0.3 is 18.3 Å². The number of rotatable bonds is 5. The Morgan fingerprint density at radius 3 is 2.84 bits per heavy atom. The second kappa shape index (κ2) is 6.07. The molecule has 0 spiro atoms. The van der Waals surface area contributed by atoms with Gasteiger partial charge in [0.1, 0.15) is 25.6 Å². The first-order valence-electron chi connectivity index (χ1n) is 5.66. The van der Waals surface area contributed by atoms with E-state index in [1.165, 1.54) is 0 Å². The van der Waals surface area contributed by atoms with Crippen LogP contribution in [-0.4, -0.2) is 44.2 Å². The van der Waals surface area contributed by atoms with E-state index in [9.17, 15) is 14.4 Å². The zero-order chi connectivity index (χ0) is 13.7. The summed E-state index contributed by atoms with van der Waals surface area (Å²) in [5.41, 5.74) is 0. The molecule has 104 valence electrons. The van der Waals surface area contributed by atoms with Gasteiger partial charge in [0.25, 0.3) is 0 Å². The third-order valence-electron chi connectivity index (χ3n) is 2.35. The third-order valence-corrected chi connectivity index (χ3v) is 2.35. The van der Waals surface area contributed by atoms with E-state index < -0.39 is 18.4 Å². The van der Waals surface area contributed by atoms with Crippen molar-refractivity contribution in [2.75, 3.05) is 19.8 Å². The highest BCUT2D eigenvalue weighted by Crippen LogP contribution is 2.14. The minimum Gasteiger partial charge on any atom is -0.434 e. The highest BCUT2D eigenvalue weighted by Gasteiger charge is 2.26. The van der Waals surface area contributed by atoms with Crippen molar-refractivity contribution in [1.29, 1.82) is 0 Å². The van der Waals surface area contributed by atoms with Crippen LogP contribution in [0, 0.1) is 0 Å². The maximum absolute atomic E-state index is 11.2. The number of cyclic esters (lactones) is 3. The lowest BCUT2D eigenvalue weighted by Crippen LogP contribution is -2.21. The summed E-state index contributed by atoms with van der Waals surface area (Å²) in [5, 5.41) is 0. The predicted octanol–water partition coefficient (Wildman–Crippen LogP) is 0.896. The Hall–Kier alpha value is -2.25. The molecule has 2 heterocycles. The van der Waals surface area contributed by atoms with E-state index >= 15 is 0 Å². The average molecular weight is 272 g/mol. The molecule has 0 aliphatic carbocycles. The molecule has 2 aliphatic heterocycles. The molecule has 2 rings (SSSR count). The molecule has 0 aromatic carbocycles. The average Bonchev–Trinajstić information content (AvgIpc) is 2.96. The van der Waals surface area contributed by atoms with Crippen LogP contribution in [0.1, 0.15) is 12.8 Å². The minimum atomic E-state index is -0.882. The van der Waals surface area contributed by atoms with Gasteiger partial charge in [0, 0.05) is 6.42 Å². The normalized spacial score (nSPS) is 21.3. The summed E-state index contributed by atoms with van der Waals surface area (Å²) in [4.78, 5) is 32.5. The summed E-state index contributed by atoms with van der Waals surface area (Å²) < 4.78 is 23.4. The van der Waals surface area contributed by atoms with Crippen molar-refractivity contribution < 1.29 is 38.1 Å². The van der Waals surface area contributed by atoms with Crippen molar-refractivity contribution in [3.63, 3.8) is 0 Å². The first kappa shape index (κ1) is 13.2. The van der Waals surface area contributed by atoms with E-state index in [2.05, 4.69) is 9.47 Å². The SMILES string of the molecule is O=C1CC=C(CCOC(=O)OCC2COC(=O)O2)O1. The minimum absolute atomic E-state index is 0.0406. The van der Waals surface area contributed by atoms with Gasteiger partial charge in [-0.15, -0.1) is 0 Å². The number of carbonyl (C=O) groups excluding carboxylic acids is 3. The molecular weight excluding hydrogens is 260 g/mol. The summed E-state index contributed by atoms with van der Waals surface area (Å²) in [6.45, 7) is -0.0316. The predicted molar refractivity (Wildman–Crippen MR) is 56.9 cm³/mol. The molecule has 0 amide bonds. The molecule has 19 heavy (non-hydrogen) atoms. The van der Waals surface area contributed by atoms with Gasteiger partial charge in [-0.25, -0.2) is 9.59 Å². The van der Waals surface area contributed by atoms with E-state index in [0.29, 0.717) is 12.2 Å². The molecule has 0 aromatic heterocycles. The molecule has 0 aromatic rings. The van der Waals surface area contributed by atoms with Gasteiger partial charge in [0.15, 0.2) is 6.10 Å². The fraction of sp³-hybridized carbons (Fsp3) is 0.545. The van der Waals surface area contributed by atoms with E-state index in [4.69, 9.17) is 14.2 Å². The Bertz CT molecular complexity index is 413. The van der Waals surface area contributed by atoms with Gasteiger partial charge < -0.3 is 23.7 Å². The Labute approximate surface area is 108 Å². The first-order valence-corrected chi connectivity index (χ1v) is 5.66. The van der Waals surface area contributed by atoms with Crippen LogP contribution in [0.2, 0.25) is 0 Å². The Morgan fingerprint density at radius 1 is 1.37 bits per heavy atom. The van der Waals surface area contributed by atoms with Crippen LogP contribution in [0.25, 0.3) is 0 Å². The smallest absolute Gasteiger partial charge is 0.434 e. The van der Waals surface area contributed by atoms with Crippen molar-refractivity contribution in [1.82, 2.24) is 0 Å². The van der Waals surface area contributed by atoms with Gasteiger partial charge in [0.05, 0.1) is 6.42 Å². The van der Waals surface area contributed by atoms with Crippen molar-refractivity contribution in [3.05, 3.63) is 11.8 Å². The molecule has 1 saturated heterocycles. The van der Waals surface area contributed by atoms with Gasteiger partial charge in [-0.2, -0.15) is 0 Å². The van der Waals surface area contributed by atoms with Crippen LogP contribution in [0.15, 0.2) is 11.8 Å². The fourth-order valence-electron chi connectivity index (χ4n) is 1.46. The molecule has 0 bridgehead atoms. The molecule has 0 N–H and O–H groups in total. The molecule has 1 unspecified atom stereocenters. The Balaban J connectivity index is 1.55. The second-order valence-electron chi connectivity index (χ2n) is 3.81. The number of esters is 1. The first-order chi connectivity index (χ1) is 9.13. The van der Waals surface area contributed by atoms with Gasteiger partial charge in [-0.3, -0.25) is 4.79 Å². The quantitative estimate of drug-likeness (QED) is 0.537. The lowest BCUT2D eigenvalue weighted by molar-refractivity contribution is -0.136. The van der Waals surface area contributed by atoms with E-state index in [-0.39, 0.29) is 32.2 Å². The monoisotopic (exact) mass is 272 g/mol. The van der Waals surface area contributed by atoms with Crippen molar-refractivity contribution in [2.45, 2.75) is 18.9 Å². The van der Waals surface area contributed by atoms with Crippen LogP contribution in [0.3, 0.4) is 0 Å². The Morgan fingerprint density at radius 2 is 2.21 bits per heavy atom. The van der Waals surface area contributed by atoms with E-state index in [1.807, 2.05) is 0 Å². The highest BCUT2D eigenvalue weighted by atomic mass is 16.8. The lowest BCUT2D eigenvalue weighted by atomic mass is 10.3. The molecule has 1 atom stereocenters. The van der Waals surface area contributed by atoms with Gasteiger partial charge in [0.2, 0.25) is 0 Å². The summed E-state index contributed by atoms with van der Waals surface area (Å²) in [6.07, 6.45) is -0.0787. The van der Waals surface area contributed by atoms with E-state index in [0.717, 1.165) is 0 Å². The topological polar surface area (TPSA) is 97.4 Å². The van der Waals surface area contributed by atoms with E-state index in [1.54, 1.807) is 6.08 Å². The van der Waals surface area contributed by atoms with Crippen molar-refractivity contribution in [3.8, 4) is 0 Å². The zero-order valence-electron chi connectivity index (χ0n) is 9.96. The molecule has 0 saturated carbocycles. The van der Waals surface area contributed by atoms with Crippen molar-refractivity contribution >= 4 is 18.3 Å². The zero-order valence-corrected chi connectivity index (χ0v) is 9.96. The number of hydrogen-bond donors (Lipinski definition) is 0. The molecule has 8 nitrogen and oxygen atoms in total. The van der Waals surface area contributed by atoms with Crippen LogP contribution < -0.4 is 0 Å². The van der Waals surface area contributed by atoms with Gasteiger partial charge in [-0.05, 0) is 6.08 Å². The van der Waals surface area contributed by atoms with Crippen LogP contribution in [0.4, 0.5) is 9.59 Å². The highest BCUT2D eigenvalue weighted by molar-refractivity contribution is 5.75.